The van der Waals surface area contributed by atoms with Crippen LogP contribution in [0.5, 0.6) is 17.2 Å². The number of amides is 4. The van der Waals surface area contributed by atoms with Crippen LogP contribution in [0.15, 0.2) is 60.7 Å². The number of carboxylic acid groups (broad SMARTS) is 1. The molecule has 3 heterocycles. The largest absolute Gasteiger partial charge is 0.497 e. The lowest BCUT2D eigenvalue weighted by Crippen LogP contribution is -2.66. The standard InChI is InChI=1S/C47H59F2N5O10S/c1-27(2)63-31-16-14-29(15-17-31)36-24-39(35-21-18-32(62-7)22-37(35)50-36)64-33-23-38-41(55)51-47(43(57)52-65(60,61)34-19-20-34)25-30(47)13-11-9-8-10-12-28(3)40(42(56)53(38)26-33)54(44(58)59)45(4,5)46(6,48)49/h11,13-18,21-22,24,27-28,30,33-34,38,40H,8-10,12,19-20,23,25-26H2,1-7H3,(H,51,55)(H,52,57)(H,58,59)/t28-,30-,33-,38+,40+,47-/m1/s1. The average Bonchev–Trinajstić information content (AvgIpc) is 4.16. The Morgan fingerprint density at radius 2 is 1.72 bits per heavy atom. The molecule has 7 rings (SSSR count). The summed E-state index contributed by atoms with van der Waals surface area (Å²) in [5, 5.41) is 13.4. The summed E-state index contributed by atoms with van der Waals surface area (Å²) in [5.41, 5.74) is -2.29. The number of methoxy groups -OCH3 is 1. The Kier molecular flexibility index (Phi) is 13.2. The van der Waals surface area contributed by atoms with E-state index in [0.29, 0.717) is 84.2 Å². The molecule has 18 heteroatoms. The van der Waals surface area contributed by atoms with Crippen molar-refractivity contribution in [1.29, 1.82) is 0 Å². The number of hydrogen-bond acceptors (Lipinski definition) is 10. The minimum atomic E-state index is -4.01. The van der Waals surface area contributed by atoms with Gasteiger partial charge in [0.2, 0.25) is 21.8 Å². The molecule has 3 fully saturated rings. The van der Waals surface area contributed by atoms with Crippen LogP contribution in [0.1, 0.15) is 92.9 Å². The first-order valence-corrected chi connectivity index (χ1v) is 23.8. The quantitative estimate of drug-likeness (QED) is 0.157. The summed E-state index contributed by atoms with van der Waals surface area (Å²) in [4.78, 5) is 63.8. The summed E-state index contributed by atoms with van der Waals surface area (Å²) in [6.07, 6.45) is 3.57. The summed E-state index contributed by atoms with van der Waals surface area (Å²) in [5.74, 6) is -6.00. The first kappa shape index (κ1) is 47.4. The van der Waals surface area contributed by atoms with Gasteiger partial charge in [0.1, 0.15) is 46.5 Å². The highest BCUT2D eigenvalue weighted by Gasteiger charge is 2.62. The van der Waals surface area contributed by atoms with Gasteiger partial charge in [0.15, 0.2) is 0 Å². The Morgan fingerprint density at radius 3 is 2.35 bits per heavy atom. The molecule has 2 saturated carbocycles. The smallest absolute Gasteiger partial charge is 0.408 e. The fourth-order valence-corrected chi connectivity index (χ4v) is 10.3. The summed E-state index contributed by atoms with van der Waals surface area (Å²) in [6.45, 7) is 7.96. The second-order valence-corrected chi connectivity index (χ2v) is 20.7. The number of rotatable bonds is 12. The molecule has 2 aliphatic heterocycles. The number of carbonyl (C=O) groups excluding carboxylic acids is 3. The SMILES string of the molecule is COc1ccc2c(O[C@@H]3C[C@H]4C(=O)N[C@]5(C(=O)NS(=O)(=O)C6CC6)C[C@H]5C=CCCCC[C@@H](C)[C@H](N(C(=O)O)C(C)(C)C(C)(F)F)C(=O)N4C3)cc(-c3ccc(OC(C)C)cc3)nc2c1. The van der Waals surface area contributed by atoms with Crippen LogP contribution >= 0.6 is 0 Å². The first-order valence-electron chi connectivity index (χ1n) is 22.2. The summed E-state index contributed by atoms with van der Waals surface area (Å²) in [6, 6.07) is 11.2. The van der Waals surface area contributed by atoms with Crippen molar-refractivity contribution in [2.45, 2.75) is 139 Å². The van der Waals surface area contributed by atoms with Crippen LogP contribution in [0.25, 0.3) is 22.2 Å². The molecular weight excluding hydrogens is 865 g/mol. The molecule has 1 aromatic heterocycles. The minimum Gasteiger partial charge on any atom is -0.497 e. The van der Waals surface area contributed by atoms with E-state index in [9.17, 15) is 27.9 Å². The lowest BCUT2D eigenvalue weighted by atomic mass is 9.86. The van der Waals surface area contributed by atoms with Gasteiger partial charge in [-0.05, 0) is 109 Å². The molecule has 2 aliphatic carbocycles. The lowest BCUT2D eigenvalue weighted by molar-refractivity contribution is -0.156. The molecule has 0 spiro atoms. The van der Waals surface area contributed by atoms with E-state index >= 15 is 13.6 Å². The molecule has 6 atom stereocenters. The number of allylic oxidation sites excluding steroid dienone is 1. The van der Waals surface area contributed by atoms with E-state index in [1.165, 1.54) is 12.0 Å². The fraction of sp³-hybridized carbons (Fsp3) is 0.553. The molecular formula is C47H59F2N5O10S. The molecule has 0 bridgehead atoms. The molecule has 2 aromatic carbocycles. The van der Waals surface area contributed by atoms with Gasteiger partial charge in [-0.15, -0.1) is 0 Å². The molecule has 65 heavy (non-hydrogen) atoms. The number of aromatic nitrogens is 1. The number of sulfonamides is 1. The van der Waals surface area contributed by atoms with E-state index in [1.54, 1.807) is 37.3 Å². The van der Waals surface area contributed by atoms with Crippen molar-refractivity contribution in [3.05, 3.63) is 60.7 Å². The van der Waals surface area contributed by atoms with Gasteiger partial charge >= 0.3 is 6.09 Å². The van der Waals surface area contributed by atoms with Crippen molar-refractivity contribution in [2.75, 3.05) is 13.7 Å². The van der Waals surface area contributed by atoms with Crippen molar-refractivity contribution in [3.8, 4) is 28.5 Å². The summed E-state index contributed by atoms with van der Waals surface area (Å²) >= 11 is 0. The Hall–Kier alpha value is -5.52. The van der Waals surface area contributed by atoms with Gasteiger partial charge in [-0.3, -0.25) is 24.0 Å². The number of fused-ring (bicyclic) bond motifs is 3. The Bertz CT molecular complexity index is 2460. The topological polar surface area (TPSA) is 194 Å². The van der Waals surface area contributed by atoms with E-state index in [1.807, 2.05) is 44.2 Å². The van der Waals surface area contributed by atoms with Crippen molar-refractivity contribution < 1.29 is 55.7 Å². The zero-order valence-corrected chi connectivity index (χ0v) is 38.6. The highest BCUT2D eigenvalue weighted by Crippen LogP contribution is 2.47. The number of alkyl halides is 2. The molecule has 15 nitrogen and oxygen atoms in total. The van der Waals surface area contributed by atoms with Crippen LogP contribution in [-0.2, 0) is 24.4 Å². The predicted octanol–water partition coefficient (Wildman–Crippen LogP) is 7.08. The molecule has 3 N–H and O–H groups in total. The van der Waals surface area contributed by atoms with Crippen LogP contribution in [0.2, 0.25) is 0 Å². The van der Waals surface area contributed by atoms with E-state index in [2.05, 4.69) is 10.0 Å². The normalized spacial score (nSPS) is 25.4. The number of ether oxygens (including phenoxy) is 3. The van der Waals surface area contributed by atoms with E-state index in [0.717, 1.165) is 19.4 Å². The minimum absolute atomic E-state index is 0.0415. The molecule has 4 amide bonds. The number of pyridine rings is 1. The van der Waals surface area contributed by atoms with Crippen LogP contribution in [0, 0.1) is 11.8 Å². The van der Waals surface area contributed by atoms with Crippen LogP contribution in [0.3, 0.4) is 0 Å². The number of halogens is 2. The number of nitrogens with one attached hydrogen (secondary N) is 2. The van der Waals surface area contributed by atoms with E-state index in [4.69, 9.17) is 19.2 Å². The maximum Gasteiger partial charge on any atom is 0.408 e. The van der Waals surface area contributed by atoms with Gasteiger partial charge < -0.3 is 29.5 Å². The predicted molar refractivity (Wildman–Crippen MR) is 238 cm³/mol. The van der Waals surface area contributed by atoms with Gasteiger partial charge in [-0.25, -0.2) is 27.0 Å². The Labute approximate surface area is 378 Å². The van der Waals surface area contributed by atoms with Crippen LogP contribution < -0.4 is 24.2 Å². The Balaban J connectivity index is 1.30. The van der Waals surface area contributed by atoms with Gasteiger partial charge in [-0.2, -0.15) is 0 Å². The molecule has 0 unspecified atom stereocenters. The number of hydrogen-bond donors (Lipinski definition) is 3. The fourth-order valence-electron chi connectivity index (χ4n) is 8.89. The second-order valence-electron chi connectivity index (χ2n) is 18.7. The highest BCUT2D eigenvalue weighted by molar-refractivity contribution is 7.91. The van der Waals surface area contributed by atoms with Crippen molar-refractivity contribution in [3.63, 3.8) is 0 Å². The summed E-state index contributed by atoms with van der Waals surface area (Å²) in [7, 11) is -2.48. The van der Waals surface area contributed by atoms with E-state index in [-0.39, 0.29) is 25.5 Å². The zero-order valence-electron chi connectivity index (χ0n) is 37.8. The third-order valence-corrected chi connectivity index (χ3v) is 15.0. The molecule has 3 aromatic rings. The van der Waals surface area contributed by atoms with Gasteiger partial charge in [-0.1, -0.05) is 25.5 Å². The van der Waals surface area contributed by atoms with E-state index < -0.39 is 86.1 Å². The van der Waals surface area contributed by atoms with Gasteiger partial charge in [0, 0.05) is 42.3 Å². The molecule has 352 valence electrons. The Morgan fingerprint density at radius 1 is 1.03 bits per heavy atom. The second kappa shape index (κ2) is 18.0. The maximum absolute atomic E-state index is 15.5. The summed E-state index contributed by atoms with van der Waals surface area (Å²) < 4.78 is 77.2. The molecule has 1 saturated heterocycles. The molecule has 0 radical (unpaired) electrons. The van der Waals surface area contributed by atoms with Crippen molar-refractivity contribution >= 4 is 44.7 Å². The zero-order chi connectivity index (χ0) is 47.2. The third kappa shape index (κ3) is 9.87. The molecule has 4 aliphatic rings. The average molecular weight is 924 g/mol. The van der Waals surface area contributed by atoms with Gasteiger partial charge in [0.05, 0.1) is 36.2 Å². The van der Waals surface area contributed by atoms with Crippen molar-refractivity contribution in [2.24, 2.45) is 11.8 Å². The monoisotopic (exact) mass is 923 g/mol. The lowest BCUT2D eigenvalue weighted by Gasteiger charge is -2.47. The van der Waals surface area contributed by atoms with Crippen LogP contribution in [0.4, 0.5) is 13.6 Å². The van der Waals surface area contributed by atoms with Gasteiger partial charge in [0.25, 0.3) is 11.8 Å². The number of carbonyl (C=O) groups is 4. The highest BCUT2D eigenvalue weighted by atomic mass is 32.2. The first-order chi connectivity index (χ1) is 30.6. The third-order valence-electron chi connectivity index (χ3n) is 13.2. The number of nitrogens with zero attached hydrogens (tertiary/aromatic N) is 3. The maximum atomic E-state index is 15.5. The number of benzene rings is 2. The van der Waals surface area contributed by atoms with Crippen molar-refractivity contribution in [1.82, 2.24) is 24.8 Å². The van der Waals surface area contributed by atoms with Crippen LogP contribution in [-0.4, -0.2) is 112 Å².